The molecule has 0 amide bonds. The SMILES string of the molecule is CN(Cc1cccnc1)C1CCCC1CN. The molecular formula is C13H21N3. The molecule has 0 spiro atoms. The third-order valence-electron chi connectivity index (χ3n) is 3.64. The minimum atomic E-state index is 0.658. The lowest BCUT2D eigenvalue weighted by atomic mass is 10.0. The van der Waals surface area contributed by atoms with Crippen molar-refractivity contribution < 1.29 is 0 Å². The van der Waals surface area contributed by atoms with Crippen LogP contribution in [0.3, 0.4) is 0 Å². The first-order chi connectivity index (χ1) is 7.81. The zero-order chi connectivity index (χ0) is 11.4. The lowest BCUT2D eigenvalue weighted by Gasteiger charge is -2.29. The quantitative estimate of drug-likeness (QED) is 0.837. The lowest BCUT2D eigenvalue weighted by molar-refractivity contribution is 0.192. The van der Waals surface area contributed by atoms with Crippen LogP contribution in [0, 0.1) is 5.92 Å². The average Bonchev–Trinajstić information content (AvgIpc) is 2.78. The van der Waals surface area contributed by atoms with E-state index in [-0.39, 0.29) is 0 Å². The Balaban J connectivity index is 1.95. The molecule has 3 nitrogen and oxygen atoms in total. The molecule has 2 unspecified atom stereocenters. The number of hydrogen-bond acceptors (Lipinski definition) is 3. The maximum Gasteiger partial charge on any atom is 0.0312 e. The Morgan fingerprint density at radius 3 is 3.06 bits per heavy atom. The van der Waals surface area contributed by atoms with E-state index in [0.717, 1.165) is 13.1 Å². The van der Waals surface area contributed by atoms with Crippen molar-refractivity contribution in [3.8, 4) is 0 Å². The van der Waals surface area contributed by atoms with Crippen molar-refractivity contribution >= 4 is 0 Å². The van der Waals surface area contributed by atoms with Crippen LogP contribution in [0.2, 0.25) is 0 Å². The van der Waals surface area contributed by atoms with Crippen LogP contribution in [0.1, 0.15) is 24.8 Å². The number of nitrogens with two attached hydrogens (primary N) is 1. The first-order valence-corrected chi connectivity index (χ1v) is 6.10. The molecular weight excluding hydrogens is 198 g/mol. The monoisotopic (exact) mass is 219 g/mol. The van der Waals surface area contributed by atoms with E-state index in [0.29, 0.717) is 12.0 Å². The molecule has 1 aromatic rings. The van der Waals surface area contributed by atoms with Crippen molar-refractivity contribution in [3.05, 3.63) is 30.1 Å². The predicted octanol–water partition coefficient (Wildman–Crippen LogP) is 1.64. The van der Waals surface area contributed by atoms with E-state index < -0.39 is 0 Å². The normalized spacial score (nSPS) is 25.2. The highest BCUT2D eigenvalue weighted by molar-refractivity contribution is 5.08. The molecule has 88 valence electrons. The van der Waals surface area contributed by atoms with Crippen molar-refractivity contribution in [2.75, 3.05) is 13.6 Å². The van der Waals surface area contributed by atoms with Gasteiger partial charge < -0.3 is 5.73 Å². The molecule has 1 aliphatic carbocycles. The van der Waals surface area contributed by atoms with Crippen LogP contribution in [0.25, 0.3) is 0 Å². The fourth-order valence-electron chi connectivity index (χ4n) is 2.77. The summed E-state index contributed by atoms with van der Waals surface area (Å²) in [6.07, 6.45) is 7.67. The number of hydrogen-bond donors (Lipinski definition) is 1. The fourth-order valence-corrected chi connectivity index (χ4v) is 2.77. The summed E-state index contributed by atoms with van der Waals surface area (Å²) in [6, 6.07) is 4.79. The van der Waals surface area contributed by atoms with Crippen molar-refractivity contribution in [2.24, 2.45) is 11.7 Å². The zero-order valence-corrected chi connectivity index (χ0v) is 9.97. The van der Waals surface area contributed by atoms with Gasteiger partial charge in [0.05, 0.1) is 0 Å². The standard InChI is InChI=1S/C13H21N3/c1-16(10-11-4-3-7-15-9-11)13-6-2-5-12(13)8-14/h3-4,7,9,12-13H,2,5-6,8,10,14H2,1H3. The summed E-state index contributed by atoms with van der Waals surface area (Å²) in [6.45, 7) is 1.80. The molecule has 0 aliphatic heterocycles. The molecule has 2 atom stereocenters. The van der Waals surface area contributed by atoms with Gasteiger partial charge in [0, 0.05) is 25.0 Å². The van der Waals surface area contributed by atoms with Crippen LogP contribution >= 0.6 is 0 Å². The molecule has 3 heteroatoms. The second-order valence-electron chi connectivity index (χ2n) is 4.77. The second-order valence-corrected chi connectivity index (χ2v) is 4.77. The highest BCUT2D eigenvalue weighted by Crippen LogP contribution is 2.29. The summed E-state index contributed by atoms with van der Waals surface area (Å²) in [7, 11) is 2.20. The zero-order valence-electron chi connectivity index (χ0n) is 9.97. The summed E-state index contributed by atoms with van der Waals surface area (Å²) in [5.41, 5.74) is 7.10. The molecule has 0 radical (unpaired) electrons. The Hall–Kier alpha value is -0.930. The minimum Gasteiger partial charge on any atom is -0.330 e. The summed E-state index contributed by atoms with van der Waals surface area (Å²) < 4.78 is 0. The van der Waals surface area contributed by atoms with Gasteiger partial charge in [0.1, 0.15) is 0 Å². The fraction of sp³-hybridized carbons (Fsp3) is 0.615. The van der Waals surface area contributed by atoms with Gasteiger partial charge in [-0.1, -0.05) is 12.5 Å². The van der Waals surface area contributed by atoms with E-state index in [2.05, 4.69) is 23.0 Å². The predicted molar refractivity (Wildman–Crippen MR) is 65.9 cm³/mol. The Morgan fingerprint density at radius 2 is 2.38 bits per heavy atom. The third kappa shape index (κ3) is 2.60. The third-order valence-corrected chi connectivity index (χ3v) is 3.64. The molecule has 1 aromatic heterocycles. The van der Waals surface area contributed by atoms with E-state index >= 15 is 0 Å². The van der Waals surface area contributed by atoms with Gasteiger partial charge in [0.15, 0.2) is 0 Å². The molecule has 1 heterocycles. The van der Waals surface area contributed by atoms with Gasteiger partial charge in [-0.15, -0.1) is 0 Å². The number of nitrogens with zero attached hydrogens (tertiary/aromatic N) is 2. The van der Waals surface area contributed by atoms with Gasteiger partial charge in [0.25, 0.3) is 0 Å². The van der Waals surface area contributed by atoms with E-state index in [4.69, 9.17) is 5.73 Å². The Morgan fingerprint density at radius 1 is 1.50 bits per heavy atom. The summed E-state index contributed by atoms with van der Waals surface area (Å²) in [5, 5.41) is 0. The van der Waals surface area contributed by atoms with E-state index in [1.165, 1.54) is 24.8 Å². The van der Waals surface area contributed by atoms with Gasteiger partial charge in [0.2, 0.25) is 0 Å². The van der Waals surface area contributed by atoms with Crippen molar-refractivity contribution in [2.45, 2.75) is 31.8 Å². The first kappa shape index (κ1) is 11.6. The minimum absolute atomic E-state index is 0.658. The maximum atomic E-state index is 5.82. The molecule has 0 aromatic carbocycles. The van der Waals surface area contributed by atoms with Gasteiger partial charge in [-0.3, -0.25) is 9.88 Å². The number of rotatable bonds is 4. The van der Waals surface area contributed by atoms with Crippen LogP contribution in [-0.2, 0) is 6.54 Å². The maximum absolute atomic E-state index is 5.82. The van der Waals surface area contributed by atoms with Crippen molar-refractivity contribution in [3.63, 3.8) is 0 Å². The number of aromatic nitrogens is 1. The molecule has 0 bridgehead atoms. The highest BCUT2D eigenvalue weighted by atomic mass is 15.1. The Labute approximate surface area is 97.7 Å². The first-order valence-electron chi connectivity index (χ1n) is 6.10. The molecule has 0 saturated heterocycles. The molecule has 1 saturated carbocycles. The largest absolute Gasteiger partial charge is 0.330 e. The van der Waals surface area contributed by atoms with Crippen molar-refractivity contribution in [1.29, 1.82) is 0 Å². The summed E-state index contributed by atoms with van der Waals surface area (Å²) in [5.74, 6) is 0.682. The van der Waals surface area contributed by atoms with Crippen LogP contribution in [0.4, 0.5) is 0 Å². The lowest BCUT2D eigenvalue weighted by Crippen LogP contribution is -2.37. The van der Waals surface area contributed by atoms with E-state index in [1.807, 2.05) is 18.5 Å². The van der Waals surface area contributed by atoms with E-state index in [9.17, 15) is 0 Å². The Kier molecular flexibility index (Phi) is 3.91. The van der Waals surface area contributed by atoms with Gasteiger partial charge in [-0.2, -0.15) is 0 Å². The van der Waals surface area contributed by atoms with Crippen LogP contribution in [-0.4, -0.2) is 29.5 Å². The topological polar surface area (TPSA) is 42.2 Å². The molecule has 2 N–H and O–H groups in total. The van der Waals surface area contributed by atoms with Crippen molar-refractivity contribution in [1.82, 2.24) is 9.88 Å². The van der Waals surface area contributed by atoms with E-state index in [1.54, 1.807) is 0 Å². The smallest absolute Gasteiger partial charge is 0.0312 e. The van der Waals surface area contributed by atoms with Gasteiger partial charge in [-0.05, 0) is 44.0 Å². The van der Waals surface area contributed by atoms with Gasteiger partial charge in [-0.25, -0.2) is 0 Å². The summed E-state index contributed by atoms with van der Waals surface area (Å²) in [4.78, 5) is 6.58. The molecule has 2 rings (SSSR count). The number of pyridine rings is 1. The van der Waals surface area contributed by atoms with Crippen LogP contribution in [0.15, 0.2) is 24.5 Å². The average molecular weight is 219 g/mol. The molecule has 1 aliphatic rings. The highest BCUT2D eigenvalue weighted by Gasteiger charge is 2.28. The van der Waals surface area contributed by atoms with Crippen LogP contribution < -0.4 is 5.73 Å². The Bertz CT molecular complexity index is 312. The summed E-state index contributed by atoms with van der Waals surface area (Å²) >= 11 is 0. The second kappa shape index (κ2) is 5.41. The molecule has 16 heavy (non-hydrogen) atoms. The van der Waals surface area contributed by atoms with Gasteiger partial charge >= 0.3 is 0 Å². The van der Waals surface area contributed by atoms with Crippen LogP contribution in [0.5, 0.6) is 0 Å². The molecule has 1 fully saturated rings.